The maximum Gasteiger partial charge on any atom is 0.251 e. The largest absolute Gasteiger partial charge is 0.504 e. The Morgan fingerprint density at radius 3 is 2.21 bits per heavy atom. The number of phenolic OH excluding ortho intramolecular Hbond substituents is 2. The van der Waals surface area contributed by atoms with Crippen molar-refractivity contribution in [3.8, 4) is 11.5 Å². The third-order valence-electron chi connectivity index (χ3n) is 3.50. The van der Waals surface area contributed by atoms with Gasteiger partial charge in [-0.2, -0.15) is 0 Å². The lowest BCUT2D eigenvalue weighted by atomic mass is 10.1. The Balaban J connectivity index is 1.83. The average Bonchev–Trinajstić information content (AvgIpc) is 2.56. The van der Waals surface area contributed by atoms with Gasteiger partial charge in [0.1, 0.15) is 0 Å². The van der Waals surface area contributed by atoms with Gasteiger partial charge in [0.2, 0.25) is 5.91 Å². The number of phenols is 2. The van der Waals surface area contributed by atoms with E-state index in [2.05, 4.69) is 10.6 Å². The summed E-state index contributed by atoms with van der Waals surface area (Å²) in [5.74, 6) is -0.628. The molecular weight excluding hydrogens is 308 g/mol. The van der Waals surface area contributed by atoms with E-state index >= 15 is 0 Å². The molecule has 4 N–H and O–H groups in total. The zero-order valence-electron chi connectivity index (χ0n) is 13.4. The fraction of sp³-hybridized carbons (Fsp3) is 0.222. The van der Waals surface area contributed by atoms with Crippen LogP contribution in [0.25, 0.3) is 0 Å². The van der Waals surface area contributed by atoms with Crippen molar-refractivity contribution < 1.29 is 19.8 Å². The average molecular weight is 328 g/mol. The predicted octanol–water partition coefficient (Wildman–Crippen LogP) is 1.71. The lowest BCUT2D eigenvalue weighted by Crippen LogP contribution is -2.25. The second kappa shape index (κ2) is 8.01. The minimum atomic E-state index is -0.191. The van der Waals surface area contributed by atoms with Crippen LogP contribution >= 0.6 is 0 Å². The number of carbonyl (C=O) groups is 2. The number of hydrogen-bond acceptors (Lipinski definition) is 4. The zero-order chi connectivity index (χ0) is 17.5. The van der Waals surface area contributed by atoms with Crippen LogP contribution in [0, 0.1) is 0 Å². The maximum atomic E-state index is 12.1. The van der Waals surface area contributed by atoms with Gasteiger partial charge in [0.25, 0.3) is 5.91 Å². The first-order valence-corrected chi connectivity index (χ1v) is 7.58. The molecule has 24 heavy (non-hydrogen) atoms. The quantitative estimate of drug-likeness (QED) is 0.607. The van der Waals surface area contributed by atoms with Crippen LogP contribution in [0.4, 0.5) is 0 Å². The van der Waals surface area contributed by atoms with E-state index in [1.807, 2.05) is 0 Å². The van der Waals surface area contributed by atoms with Gasteiger partial charge in [-0.1, -0.05) is 18.2 Å². The lowest BCUT2D eigenvalue weighted by molar-refractivity contribution is -0.119. The van der Waals surface area contributed by atoms with E-state index < -0.39 is 0 Å². The van der Waals surface area contributed by atoms with Gasteiger partial charge in [-0.25, -0.2) is 0 Å². The fourth-order valence-corrected chi connectivity index (χ4v) is 2.15. The van der Waals surface area contributed by atoms with Gasteiger partial charge in [-0.05, 0) is 41.8 Å². The number of hydrogen-bond donors (Lipinski definition) is 4. The number of aromatic hydroxyl groups is 2. The summed E-state index contributed by atoms with van der Waals surface area (Å²) in [5, 5.41) is 24.2. The van der Waals surface area contributed by atoms with Crippen molar-refractivity contribution in [2.45, 2.75) is 19.9 Å². The van der Waals surface area contributed by atoms with Gasteiger partial charge in [0.15, 0.2) is 11.5 Å². The van der Waals surface area contributed by atoms with Gasteiger partial charge in [-0.15, -0.1) is 0 Å². The second-order valence-electron chi connectivity index (χ2n) is 5.44. The normalized spacial score (nSPS) is 10.2. The molecule has 0 aliphatic carbocycles. The lowest BCUT2D eigenvalue weighted by Gasteiger charge is -2.07. The van der Waals surface area contributed by atoms with Crippen LogP contribution in [-0.4, -0.2) is 28.6 Å². The molecule has 126 valence electrons. The topological polar surface area (TPSA) is 98.7 Å². The molecule has 2 aromatic carbocycles. The second-order valence-corrected chi connectivity index (χ2v) is 5.44. The van der Waals surface area contributed by atoms with Crippen LogP contribution in [-0.2, 0) is 17.8 Å². The zero-order valence-corrected chi connectivity index (χ0v) is 13.4. The summed E-state index contributed by atoms with van der Waals surface area (Å²) in [6.07, 6.45) is 0.542. The minimum Gasteiger partial charge on any atom is -0.504 e. The first-order valence-electron chi connectivity index (χ1n) is 7.58. The highest BCUT2D eigenvalue weighted by molar-refractivity contribution is 5.94. The van der Waals surface area contributed by atoms with Crippen molar-refractivity contribution in [3.63, 3.8) is 0 Å². The molecule has 0 aliphatic rings. The predicted molar refractivity (Wildman–Crippen MR) is 89.8 cm³/mol. The first-order chi connectivity index (χ1) is 11.5. The van der Waals surface area contributed by atoms with Gasteiger partial charge >= 0.3 is 0 Å². The highest BCUT2D eigenvalue weighted by atomic mass is 16.3. The fourth-order valence-electron chi connectivity index (χ4n) is 2.15. The molecule has 0 radical (unpaired) electrons. The Bertz CT molecular complexity index is 726. The molecule has 0 atom stereocenters. The van der Waals surface area contributed by atoms with E-state index in [1.54, 1.807) is 30.3 Å². The molecule has 0 fully saturated rings. The number of rotatable bonds is 6. The Labute approximate surface area is 140 Å². The molecule has 2 aromatic rings. The number of amides is 2. The number of carbonyl (C=O) groups excluding carboxylic acids is 2. The third kappa shape index (κ3) is 5.01. The Kier molecular flexibility index (Phi) is 5.78. The van der Waals surface area contributed by atoms with Crippen molar-refractivity contribution in [1.82, 2.24) is 10.6 Å². The standard InChI is InChI=1S/C18H20N2O4/c1-12(21)20-11-14-2-5-15(6-3-14)18(24)19-9-8-13-4-7-16(22)17(23)10-13/h2-7,10,22-23H,8-9,11H2,1H3,(H,19,24)(H,20,21). The molecule has 0 saturated heterocycles. The summed E-state index contributed by atoms with van der Waals surface area (Å²) >= 11 is 0. The number of benzene rings is 2. The molecule has 0 heterocycles. The van der Waals surface area contributed by atoms with Gasteiger partial charge in [0, 0.05) is 25.6 Å². The minimum absolute atomic E-state index is 0.0999. The first kappa shape index (κ1) is 17.3. The molecule has 0 aliphatic heterocycles. The summed E-state index contributed by atoms with van der Waals surface area (Å²) in [6, 6.07) is 11.6. The molecule has 0 spiro atoms. The SMILES string of the molecule is CC(=O)NCc1ccc(C(=O)NCCc2ccc(O)c(O)c2)cc1. The van der Waals surface area contributed by atoms with Crippen LogP contribution in [0.1, 0.15) is 28.4 Å². The third-order valence-corrected chi connectivity index (χ3v) is 3.50. The van der Waals surface area contributed by atoms with Crippen molar-refractivity contribution in [3.05, 3.63) is 59.2 Å². The van der Waals surface area contributed by atoms with Crippen LogP contribution < -0.4 is 10.6 Å². The Morgan fingerprint density at radius 2 is 1.58 bits per heavy atom. The molecule has 6 heteroatoms. The molecule has 0 unspecified atom stereocenters. The molecule has 0 bridgehead atoms. The van der Waals surface area contributed by atoms with Crippen LogP contribution in [0.5, 0.6) is 11.5 Å². The molecule has 6 nitrogen and oxygen atoms in total. The summed E-state index contributed by atoms with van der Waals surface area (Å²) in [5.41, 5.74) is 2.27. The van der Waals surface area contributed by atoms with Crippen LogP contribution in [0.2, 0.25) is 0 Å². The van der Waals surface area contributed by atoms with E-state index in [0.29, 0.717) is 25.1 Å². The Hall–Kier alpha value is -3.02. The summed E-state index contributed by atoms with van der Waals surface area (Å²) in [6.45, 7) is 2.30. The van der Waals surface area contributed by atoms with Crippen molar-refractivity contribution in [2.75, 3.05) is 6.54 Å². The maximum absolute atomic E-state index is 12.1. The Morgan fingerprint density at radius 1 is 0.917 bits per heavy atom. The summed E-state index contributed by atoms with van der Waals surface area (Å²) in [7, 11) is 0. The van der Waals surface area contributed by atoms with E-state index in [-0.39, 0.29) is 23.3 Å². The van der Waals surface area contributed by atoms with Crippen LogP contribution in [0.3, 0.4) is 0 Å². The van der Waals surface area contributed by atoms with Gasteiger partial charge in [0.05, 0.1) is 0 Å². The summed E-state index contributed by atoms with van der Waals surface area (Å²) in [4.78, 5) is 22.9. The molecule has 0 aromatic heterocycles. The smallest absolute Gasteiger partial charge is 0.251 e. The van der Waals surface area contributed by atoms with Crippen molar-refractivity contribution in [1.29, 1.82) is 0 Å². The van der Waals surface area contributed by atoms with Crippen LogP contribution in [0.15, 0.2) is 42.5 Å². The molecule has 2 amide bonds. The van der Waals surface area contributed by atoms with Gasteiger partial charge < -0.3 is 20.8 Å². The van der Waals surface area contributed by atoms with E-state index in [9.17, 15) is 19.8 Å². The van der Waals surface area contributed by atoms with Gasteiger partial charge in [-0.3, -0.25) is 9.59 Å². The molecule has 0 saturated carbocycles. The molecule has 2 rings (SSSR count). The monoisotopic (exact) mass is 328 g/mol. The van der Waals surface area contributed by atoms with Crippen molar-refractivity contribution >= 4 is 11.8 Å². The highest BCUT2D eigenvalue weighted by Gasteiger charge is 2.06. The van der Waals surface area contributed by atoms with E-state index in [0.717, 1.165) is 11.1 Å². The molecular formula is C18H20N2O4. The van der Waals surface area contributed by atoms with E-state index in [1.165, 1.54) is 19.1 Å². The van der Waals surface area contributed by atoms with Crippen molar-refractivity contribution in [2.24, 2.45) is 0 Å². The number of nitrogens with one attached hydrogen (secondary N) is 2. The summed E-state index contributed by atoms with van der Waals surface area (Å²) < 4.78 is 0. The van der Waals surface area contributed by atoms with E-state index in [4.69, 9.17) is 0 Å². The highest BCUT2D eigenvalue weighted by Crippen LogP contribution is 2.24.